The van der Waals surface area contributed by atoms with Gasteiger partial charge in [-0.3, -0.25) is 9.59 Å². The topological polar surface area (TPSA) is 104 Å². The largest absolute Gasteiger partial charge is 0.493 e. The molecule has 7 heteroatoms. The van der Waals surface area contributed by atoms with Crippen LogP contribution < -0.4 is 20.3 Å². The standard InChI is InChI=1S/C21H25N3O4/c1-13-16(14(2)24-21(26)17(13)12-22)6-8-20(25)23-10-9-15-5-7-18(27-3)19(11-15)28-4/h5,7,11H,6,8-10H2,1-4H3,(H,23,25)(H,24,26). The van der Waals surface area contributed by atoms with Crippen LogP contribution in [0.1, 0.15) is 34.4 Å². The fraction of sp³-hybridized carbons (Fsp3) is 0.381. The summed E-state index contributed by atoms with van der Waals surface area (Å²) in [4.78, 5) is 26.6. The number of aryl methyl sites for hydroxylation is 1. The molecule has 0 saturated heterocycles. The van der Waals surface area contributed by atoms with E-state index in [1.54, 1.807) is 28.1 Å². The molecular formula is C21H25N3O4. The zero-order valence-electron chi connectivity index (χ0n) is 16.6. The average molecular weight is 383 g/mol. The molecule has 2 N–H and O–H groups in total. The van der Waals surface area contributed by atoms with Crippen molar-refractivity contribution in [3.8, 4) is 17.6 Å². The van der Waals surface area contributed by atoms with E-state index in [0.717, 1.165) is 11.1 Å². The number of hydrogen-bond acceptors (Lipinski definition) is 5. The number of carbonyl (C=O) groups excluding carboxylic acids is 1. The predicted molar refractivity (Wildman–Crippen MR) is 106 cm³/mol. The lowest BCUT2D eigenvalue weighted by Crippen LogP contribution is -2.26. The highest BCUT2D eigenvalue weighted by atomic mass is 16.5. The van der Waals surface area contributed by atoms with Crippen molar-refractivity contribution >= 4 is 5.91 Å². The van der Waals surface area contributed by atoms with Gasteiger partial charge in [0, 0.05) is 18.7 Å². The number of nitrogens with one attached hydrogen (secondary N) is 2. The molecule has 1 heterocycles. The first-order chi connectivity index (χ1) is 13.4. The van der Waals surface area contributed by atoms with E-state index in [2.05, 4.69) is 10.3 Å². The van der Waals surface area contributed by atoms with Gasteiger partial charge in [0.05, 0.1) is 14.2 Å². The number of methoxy groups -OCH3 is 2. The number of benzene rings is 1. The Labute approximate surface area is 164 Å². The highest BCUT2D eigenvalue weighted by Crippen LogP contribution is 2.27. The number of carbonyl (C=O) groups is 1. The molecule has 1 aromatic carbocycles. The van der Waals surface area contributed by atoms with Gasteiger partial charge >= 0.3 is 0 Å². The Morgan fingerprint density at radius 1 is 1.18 bits per heavy atom. The van der Waals surface area contributed by atoms with Crippen molar-refractivity contribution in [2.75, 3.05) is 20.8 Å². The number of amides is 1. The second kappa shape index (κ2) is 9.60. The Balaban J connectivity index is 1.91. The minimum Gasteiger partial charge on any atom is -0.493 e. The van der Waals surface area contributed by atoms with Crippen LogP contribution in [-0.2, 0) is 17.6 Å². The van der Waals surface area contributed by atoms with Crippen molar-refractivity contribution < 1.29 is 14.3 Å². The van der Waals surface area contributed by atoms with Crippen LogP contribution >= 0.6 is 0 Å². The van der Waals surface area contributed by atoms with E-state index in [1.165, 1.54) is 0 Å². The van der Waals surface area contributed by atoms with E-state index in [-0.39, 0.29) is 23.5 Å². The molecule has 2 rings (SSSR count). The number of pyridine rings is 1. The van der Waals surface area contributed by atoms with Crippen LogP contribution in [-0.4, -0.2) is 31.7 Å². The van der Waals surface area contributed by atoms with Gasteiger partial charge in [-0.25, -0.2) is 0 Å². The normalized spacial score (nSPS) is 10.2. The minimum atomic E-state index is -0.388. The SMILES string of the molecule is COc1ccc(CCNC(=O)CCc2c(C)[nH]c(=O)c(C#N)c2C)cc1OC. The van der Waals surface area contributed by atoms with E-state index >= 15 is 0 Å². The first kappa shape index (κ1) is 21.0. The van der Waals surface area contributed by atoms with Crippen LogP contribution in [0.15, 0.2) is 23.0 Å². The second-order valence-electron chi connectivity index (χ2n) is 6.46. The third kappa shape index (κ3) is 4.92. The van der Waals surface area contributed by atoms with Gasteiger partial charge in [-0.15, -0.1) is 0 Å². The van der Waals surface area contributed by atoms with Gasteiger partial charge in [-0.1, -0.05) is 6.07 Å². The van der Waals surface area contributed by atoms with Gasteiger partial charge in [0.15, 0.2) is 11.5 Å². The van der Waals surface area contributed by atoms with Crippen LogP contribution in [0.3, 0.4) is 0 Å². The molecule has 0 aliphatic heterocycles. The van der Waals surface area contributed by atoms with Crippen molar-refractivity contribution in [3.63, 3.8) is 0 Å². The molecule has 0 saturated carbocycles. The number of H-pyrrole nitrogens is 1. The van der Waals surface area contributed by atoms with Crippen LogP contribution in [0.25, 0.3) is 0 Å². The van der Waals surface area contributed by atoms with Crippen LogP contribution in [0.2, 0.25) is 0 Å². The van der Waals surface area contributed by atoms with Gasteiger partial charge in [0.25, 0.3) is 5.56 Å². The summed E-state index contributed by atoms with van der Waals surface area (Å²) in [7, 11) is 3.17. The smallest absolute Gasteiger partial charge is 0.266 e. The molecule has 2 aromatic rings. The summed E-state index contributed by atoms with van der Waals surface area (Å²) < 4.78 is 10.5. The zero-order chi connectivity index (χ0) is 20.7. The van der Waals surface area contributed by atoms with Crippen molar-refractivity contribution in [2.24, 2.45) is 0 Å². The van der Waals surface area contributed by atoms with Crippen molar-refractivity contribution in [1.82, 2.24) is 10.3 Å². The molecule has 148 valence electrons. The lowest BCUT2D eigenvalue weighted by atomic mass is 9.99. The Morgan fingerprint density at radius 3 is 2.54 bits per heavy atom. The summed E-state index contributed by atoms with van der Waals surface area (Å²) in [5, 5.41) is 12.0. The van der Waals surface area contributed by atoms with Crippen molar-refractivity contribution in [3.05, 3.63) is 56.5 Å². The number of hydrogen-bond donors (Lipinski definition) is 2. The average Bonchev–Trinajstić information content (AvgIpc) is 2.67. The number of nitrogens with zero attached hydrogens (tertiary/aromatic N) is 1. The molecule has 0 radical (unpaired) electrons. The Morgan fingerprint density at radius 2 is 1.89 bits per heavy atom. The summed E-state index contributed by atoms with van der Waals surface area (Å²) in [6.07, 6.45) is 1.41. The summed E-state index contributed by atoms with van der Waals surface area (Å²) in [5.74, 6) is 1.24. The lowest BCUT2D eigenvalue weighted by molar-refractivity contribution is -0.121. The highest BCUT2D eigenvalue weighted by molar-refractivity contribution is 5.76. The maximum atomic E-state index is 12.2. The summed E-state index contributed by atoms with van der Waals surface area (Å²) in [5.41, 5.74) is 2.92. The van der Waals surface area contributed by atoms with Gasteiger partial charge in [-0.05, 0) is 55.5 Å². The van der Waals surface area contributed by atoms with Crippen LogP contribution in [0, 0.1) is 25.2 Å². The molecule has 0 bridgehead atoms. The predicted octanol–water partition coefficient (Wildman–Crippen LogP) is 2.17. The molecular weight excluding hydrogens is 358 g/mol. The van der Waals surface area contributed by atoms with Crippen LogP contribution in [0.4, 0.5) is 0 Å². The van der Waals surface area contributed by atoms with Crippen LogP contribution in [0.5, 0.6) is 11.5 Å². The fourth-order valence-corrected chi connectivity index (χ4v) is 3.13. The summed E-state index contributed by atoms with van der Waals surface area (Å²) >= 11 is 0. The van der Waals surface area contributed by atoms with E-state index in [0.29, 0.717) is 42.1 Å². The number of aromatic amines is 1. The first-order valence-electron chi connectivity index (χ1n) is 9.01. The number of aromatic nitrogens is 1. The summed E-state index contributed by atoms with van der Waals surface area (Å²) in [6.45, 7) is 4.02. The number of rotatable bonds is 8. The van der Waals surface area contributed by atoms with E-state index in [4.69, 9.17) is 14.7 Å². The molecule has 28 heavy (non-hydrogen) atoms. The molecule has 0 fully saturated rings. The fourth-order valence-electron chi connectivity index (χ4n) is 3.13. The Bertz CT molecular complexity index is 957. The summed E-state index contributed by atoms with van der Waals surface area (Å²) in [6, 6.07) is 7.59. The van der Waals surface area contributed by atoms with E-state index in [1.807, 2.05) is 24.3 Å². The third-order valence-corrected chi connectivity index (χ3v) is 4.71. The number of ether oxygens (including phenoxy) is 2. The Hall–Kier alpha value is -3.27. The molecule has 1 aromatic heterocycles. The van der Waals surface area contributed by atoms with Crippen molar-refractivity contribution in [2.45, 2.75) is 33.1 Å². The zero-order valence-corrected chi connectivity index (χ0v) is 16.6. The molecule has 0 aliphatic rings. The second-order valence-corrected chi connectivity index (χ2v) is 6.46. The van der Waals surface area contributed by atoms with E-state index in [9.17, 15) is 9.59 Å². The molecule has 0 unspecified atom stereocenters. The molecule has 0 aliphatic carbocycles. The molecule has 0 spiro atoms. The monoisotopic (exact) mass is 383 g/mol. The van der Waals surface area contributed by atoms with Gasteiger partial charge in [0.1, 0.15) is 11.6 Å². The molecule has 7 nitrogen and oxygen atoms in total. The minimum absolute atomic E-state index is 0.0796. The lowest BCUT2D eigenvalue weighted by Gasteiger charge is -2.12. The van der Waals surface area contributed by atoms with Crippen molar-refractivity contribution in [1.29, 1.82) is 5.26 Å². The first-order valence-corrected chi connectivity index (χ1v) is 9.01. The van der Waals surface area contributed by atoms with Gasteiger partial charge < -0.3 is 19.8 Å². The van der Waals surface area contributed by atoms with Gasteiger partial charge in [-0.2, -0.15) is 5.26 Å². The number of nitriles is 1. The maximum Gasteiger partial charge on any atom is 0.266 e. The third-order valence-electron chi connectivity index (χ3n) is 4.71. The maximum absolute atomic E-state index is 12.2. The quantitative estimate of drug-likeness (QED) is 0.727. The van der Waals surface area contributed by atoms with Gasteiger partial charge in [0.2, 0.25) is 5.91 Å². The Kier molecular flexibility index (Phi) is 7.21. The molecule has 1 amide bonds. The molecule has 0 atom stereocenters. The highest BCUT2D eigenvalue weighted by Gasteiger charge is 2.13. The van der Waals surface area contributed by atoms with E-state index < -0.39 is 0 Å².